The van der Waals surface area contributed by atoms with Gasteiger partial charge in [-0.15, -0.1) is 0 Å². The minimum absolute atomic E-state index is 0.0791. The number of H-pyrrole nitrogens is 2. The Morgan fingerprint density at radius 3 is 2.56 bits per heavy atom. The van der Waals surface area contributed by atoms with E-state index in [0.717, 1.165) is 11.8 Å². The number of benzene rings is 2. The molecule has 5 heterocycles. The molecule has 48 heavy (non-hydrogen) atoms. The molecule has 12 nitrogen and oxygen atoms in total. The molecule has 5 aromatic heterocycles. The summed E-state index contributed by atoms with van der Waals surface area (Å²) in [4.78, 5) is 20.7. The molecular formula is C33H27F2N9O3S. The molecule has 0 bridgehead atoms. The Labute approximate surface area is 272 Å². The van der Waals surface area contributed by atoms with E-state index in [1.165, 1.54) is 36.9 Å². The zero-order valence-electron chi connectivity index (χ0n) is 25.2. The van der Waals surface area contributed by atoms with Crippen LogP contribution in [0.15, 0.2) is 85.5 Å². The highest BCUT2D eigenvalue weighted by atomic mass is 32.2. The SMILES string of the molecule is CS(=O)(=O)NCc1cc(F)cc(-c2ccnc3[nH]c(-c4n[nH]c5ncc(-c6cncc(NC(O)Cc7ccccc7)c6)c(F)c45)nc23)c1. The standard InChI is InChI=1S/C33H27F2N9O3S/c1-48(46,47)39-14-19-9-20(12-22(34)10-19)24-7-8-37-32-29(24)41-33(42-32)30-27-28(35)25(17-38-31(27)44-43-30)21-13-23(16-36-15-21)40-26(45)11-18-5-3-2-4-6-18/h2-10,12-13,15-17,26,39-40,45H,11,14H2,1H3,(H,37,41,42)(H,38,43,44). The Bertz CT molecular complexity index is 2400. The van der Waals surface area contributed by atoms with E-state index in [0.29, 0.717) is 45.5 Å². The summed E-state index contributed by atoms with van der Waals surface area (Å²) in [7, 11) is -3.49. The van der Waals surface area contributed by atoms with E-state index in [1.807, 2.05) is 30.3 Å². The van der Waals surface area contributed by atoms with Gasteiger partial charge in [-0.25, -0.2) is 36.9 Å². The molecule has 15 heteroatoms. The van der Waals surface area contributed by atoms with Crippen molar-refractivity contribution in [1.29, 1.82) is 0 Å². The van der Waals surface area contributed by atoms with Gasteiger partial charge in [0.25, 0.3) is 0 Å². The number of aliphatic hydroxyl groups is 1. The minimum Gasteiger partial charge on any atom is -0.373 e. The van der Waals surface area contributed by atoms with Crippen molar-refractivity contribution in [3.8, 4) is 33.8 Å². The topological polar surface area (TPSA) is 174 Å². The molecule has 0 spiro atoms. The van der Waals surface area contributed by atoms with Crippen molar-refractivity contribution in [2.75, 3.05) is 11.6 Å². The molecular weight excluding hydrogens is 640 g/mol. The number of imidazole rings is 1. The monoisotopic (exact) mass is 667 g/mol. The molecule has 0 saturated carbocycles. The Balaban J connectivity index is 1.22. The van der Waals surface area contributed by atoms with Crippen molar-refractivity contribution >= 4 is 37.9 Å². The summed E-state index contributed by atoms with van der Waals surface area (Å²) >= 11 is 0. The smallest absolute Gasteiger partial charge is 0.209 e. The highest BCUT2D eigenvalue weighted by molar-refractivity contribution is 7.88. The number of pyridine rings is 3. The average Bonchev–Trinajstić information content (AvgIpc) is 3.69. The Morgan fingerprint density at radius 2 is 1.75 bits per heavy atom. The summed E-state index contributed by atoms with van der Waals surface area (Å²) < 4.78 is 56.5. The van der Waals surface area contributed by atoms with Gasteiger partial charge in [-0.1, -0.05) is 30.3 Å². The largest absolute Gasteiger partial charge is 0.373 e. The first kappa shape index (κ1) is 31.0. The number of fused-ring (bicyclic) bond motifs is 2. The van der Waals surface area contributed by atoms with Crippen molar-refractivity contribution in [3.63, 3.8) is 0 Å². The lowest BCUT2D eigenvalue weighted by Crippen LogP contribution is -2.21. The van der Waals surface area contributed by atoms with Crippen molar-refractivity contribution < 1.29 is 22.3 Å². The Kier molecular flexibility index (Phi) is 8.08. The van der Waals surface area contributed by atoms with E-state index in [-0.39, 0.29) is 34.7 Å². The summed E-state index contributed by atoms with van der Waals surface area (Å²) in [6.07, 6.45) is 6.41. The zero-order chi connectivity index (χ0) is 33.4. The first-order valence-corrected chi connectivity index (χ1v) is 16.6. The number of halogens is 2. The fraction of sp³-hybridized carbons (Fsp3) is 0.121. The predicted molar refractivity (Wildman–Crippen MR) is 177 cm³/mol. The zero-order valence-corrected chi connectivity index (χ0v) is 26.1. The van der Waals surface area contributed by atoms with Gasteiger partial charge in [0, 0.05) is 48.2 Å². The molecule has 0 aliphatic rings. The van der Waals surface area contributed by atoms with Gasteiger partial charge in [-0.2, -0.15) is 5.10 Å². The number of hydrogen-bond donors (Lipinski definition) is 5. The lowest BCUT2D eigenvalue weighted by Gasteiger charge is -2.15. The van der Waals surface area contributed by atoms with E-state index >= 15 is 4.39 Å². The number of aromatic nitrogens is 7. The predicted octanol–water partition coefficient (Wildman–Crippen LogP) is 4.93. The Hall–Kier alpha value is -5.64. The molecule has 1 unspecified atom stereocenters. The van der Waals surface area contributed by atoms with Crippen LogP contribution in [0.5, 0.6) is 0 Å². The third kappa shape index (κ3) is 6.46. The quantitative estimate of drug-likeness (QED) is 0.127. The lowest BCUT2D eigenvalue weighted by atomic mass is 10.0. The van der Waals surface area contributed by atoms with Crippen LogP contribution in [0, 0.1) is 11.6 Å². The molecule has 0 radical (unpaired) electrons. The van der Waals surface area contributed by atoms with Gasteiger partial charge in [-0.05, 0) is 47.0 Å². The van der Waals surface area contributed by atoms with Crippen molar-refractivity contribution in [2.24, 2.45) is 0 Å². The molecule has 242 valence electrons. The minimum atomic E-state index is -3.49. The highest BCUT2D eigenvalue weighted by Gasteiger charge is 2.22. The molecule has 0 amide bonds. The molecule has 0 fully saturated rings. The molecule has 7 aromatic rings. The molecule has 1 atom stereocenters. The van der Waals surface area contributed by atoms with E-state index in [1.54, 1.807) is 18.2 Å². The lowest BCUT2D eigenvalue weighted by molar-refractivity contribution is 0.204. The summed E-state index contributed by atoms with van der Waals surface area (Å²) in [5.74, 6) is -0.978. The van der Waals surface area contributed by atoms with Gasteiger partial charge < -0.3 is 15.4 Å². The van der Waals surface area contributed by atoms with Gasteiger partial charge in [0.15, 0.2) is 17.1 Å². The molecule has 0 aliphatic carbocycles. The molecule has 0 aliphatic heterocycles. The van der Waals surface area contributed by atoms with Crippen LogP contribution in [0.2, 0.25) is 0 Å². The van der Waals surface area contributed by atoms with Gasteiger partial charge in [-0.3, -0.25) is 10.1 Å². The maximum Gasteiger partial charge on any atom is 0.209 e. The third-order valence-corrected chi connectivity index (χ3v) is 8.27. The molecule has 0 saturated heterocycles. The van der Waals surface area contributed by atoms with E-state index in [4.69, 9.17) is 0 Å². The van der Waals surface area contributed by atoms with Crippen LogP contribution >= 0.6 is 0 Å². The number of aliphatic hydroxyl groups excluding tert-OH is 1. The number of nitrogens with one attached hydrogen (secondary N) is 4. The van der Waals surface area contributed by atoms with Crippen LogP contribution in [-0.2, 0) is 23.0 Å². The van der Waals surface area contributed by atoms with Crippen molar-refractivity contribution in [1.82, 2.24) is 39.8 Å². The second kappa shape index (κ2) is 12.5. The van der Waals surface area contributed by atoms with E-state index in [9.17, 15) is 17.9 Å². The second-order valence-corrected chi connectivity index (χ2v) is 13.0. The number of sulfonamides is 1. The van der Waals surface area contributed by atoms with Crippen LogP contribution in [-0.4, -0.2) is 61.1 Å². The highest BCUT2D eigenvalue weighted by Crippen LogP contribution is 2.35. The maximum atomic E-state index is 16.3. The van der Waals surface area contributed by atoms with Crippen LogP contribution in [0.4, 0.5) is 14.5 Å². The van der Waals surface area contributed by atoms with Gasteiger partial charge >= 0.3 is 0 Å². The van der Waals surface area contributed by atoms with Gasteiger partial charge in [0.05, 0.1) is 23.5 Å². The van der Waals surface area contributed by atoms with Gasteiger partial charge in [0.2, 0.25) is 10.0 Å². The maximum absolute atomic E-state index is 16.3. The number of nitrogens with zero attached hydrogens (tertiary/aromatic N) is 5. The van der Waals surface area contributed by atoms with Crippen LogP contribution < -0.4 is 10.0 Å². The normalized spacial score (nSPS) is 12.5. The van der Waals surface area contributed by atoms with E-state index < -0.39 is 27.9 Å². The summed E-state index contributed by atoms with van der Waals surface area (Å²) in [5.41, 5.74) is 4.46. The number of hydrogen-bond acceptors (Lipinski definition) is 9. The summed E-state index contributed by atoms with van der Waals surface area (Å²) in [5, 5.41) is 20.7. The van der Waals surface area contributed by atoms with Crippen LogP contribution in [0.3, 0.4) is 0 Å². The van der Waals surface area contributed by atoms with E-state index in [2.05, 4.69) is 45.2 Å². The van der Waals surface area contributed by atoms with Crippen LogP contribution in [0.1, 0.15) is 11.1 Å². The first-order chi connectivity index (χ1) is 23.1. The molecule has 7 rings (SSSR count). The third-order valence-electron chi connectivity index (χ3n) is 7.60. The Morgan fingerprint density at radius 1 is 0.917 bits per heavy atom. The number of anilines is 1. The number of rotatable bonds is 10. The van der Waals surface area contributed by atoms with Gasteiger partial charge in [0.1, 0.15) is 29.1 Å². The summed E-state index contributed by atoms with van der Waals surface area (Å²) in [6.45, 7) is -0.0970. The number of aromatic amines is 2. The summed E-state index contributed by atoms with van der Waals surface area (Å²) in [6, 6.07) is 17.0. The molecule has 2 aromatic carbocycles. The average molecular weight is 668 g/mol. The second-order valence-electron chi connectivity index (χ2n) is 11.2. The fourth-order valence-electron chi connectivity index (χ4n) is 5.45. The fourth-order valence-corrected chi connectivity index (χ4v) is 5.88. The first-order valence-electron chi connectivity index (χ1n) is 14.7. The van der Waals surface area contributed by atoms with Crippen molar-refractivity contribution in [2.45, 2.75) is 19.2 Å². The van der Waals surface area contributed by atoms with Crippen LogP contribution in [0.25, 0.3) is 56.0 Å². The molecule has 5 N–H and O–H groups in total. The van der Waals surface area contributed by atoms with Crippen molar-refractivity contribution in [3.05, 3.63) is 108 Å².